The third-order valence-corrected chi connectivity index (χ3v) is 0.425. The first-order valence-electron chi connectivity index (χ1n) is 2.02. The number of hydrogen-bond donors (Lipinski definition) is 0. The molecule has 0 aromatic carbocycles. The molecule has 4 nitrogen and oxygen atoms in total. The van der Waals surface area contributed by atoms with Gasteiger partial charge in [0.05, 0.1) is 12.5 Å². The van der Waals surface area contributed by atoms with Crippen molar-refractivity contribution in [1.82, 2.24) is 0 Å². The summed E-state index contributed by atoms with van der Waals surface area (Å²) in [6.45, 7) is 0. The molecule has 0 aliphatic carbocycles. The van der Waals surface area contributed by atoms with Crippen LogP contribution in [-0.4, -0.2) is 0 Å². The van der Waals surface area contributed by atoms with Gasteiger partial charge in [-0.15, -0.1) is 0 Å². The molecular weight excluding hydrogens is 143 g/mol. The molecule has 0 amide bonds. The van der Waals surface area contributed by atoms with Gasteiger partial charge in [-0.3, -0.25) is 0 Å². The largest absolute Gasteiger partial charge is 0.854 e. The van der Waals surface area contributed by atoms with Gasteiger partial charge in [-0.05, 0) is 12.1 Å². The molecule has 0 N–H and O–H groups in total. The Kier molecular flexibility index (Phi) is 5.46. The highest BCUT2D eigenvalue weighted by atomic mass is 31.2. The Morgan fingerprint density at radius 1 is 1.00 bits per heavy atom. The summed E-state index contributed by atoms with van der Waals surface area (Å²) in [5.41, 5.74) is 0. The highest BCUT2D eigenvalue weighted by Crippen LogP contribution is 1.85. The van der Waals surface area contributed by atoms with Crippen molar-refractivity contribution in [3.05, 3.63) is 24.7 Å². The van der Waals surface area contributed by atoms with Crippen LogP contribution in [0.15, 0.2) is 29.1 Å². The number of furan rings is 1. The summed E-state index contributed by atoms with van der Waals surface area (Å²) in [5, 5.41) is 0. The predicted octanol–water partition coefficient (Wildman–Crippen LogP) is -1.43. The van der Waals surface area contributed by atoms with Crippen LogP contribution in [-0.2, 0) is 0 Å². The minimum absolute atomic E-state index is 1.62. The summed E-state index contributed by atoms with van der Waals surface area (Å²) in [7, 11) is -3.37. The maximum absolute atomic E-state index is 8.48. The third kappa shape index (κ3) is 11.3. The topological polar surface area (TPSA) is 82.3 Å². The van der Waals surface area contributed by atoms with Gasteiger partial charge in [-0.2, -0.15) is 0 Å². The van der Waals surface area contributed by atoms with Crippen molar-refractivity contribution in [3.8, 4) is 0 Å². The first-order chi connectivity index (χ1) is 4.23. The lowest BCUT2D eigenvalue weighted by Crippen LogP contribution is -2.18. The zero-order chi connectivity index (χ0) is 7.11. The van der Waals surface area contributed by atoms with E-state index in [0.29, 0.717) is 0 Å². The van der Waals surface area contributed by atoms with Crippen LogP contribution in [0.2, 0.25) is 0 Å². The standard InChI is InChI=1S/C4H4O.O3P/c1-2-4-5-3-1;1-4(2)3/h1-4H;/q;-3. The second kappa shape index (κ2) is 5.72. The summed E-state index contributed by atoms with van der Waals surface area (Å²) in [6, 6.07) is 3.67. The van der Waals surface area contributed by atoms with Crippen LogP contribution in [0, 0.1) is 0 Å². The van der Waals surface area contributed by atoms with Gasteiger partial charge in [0.2, 0.25) is 0 Å². The molecule has 0 spiro atoms. The van der Waals surface area contributed by atoms with Gasteiger partial charge in [-0.1, -0.05) is 0 Å². The molecule has 0 radical (unpaired) electrons. The zero-order valence-electron chi connectivity index (χ0n) is 4.39. The minimum Gasteiger partial charge on any atom is -0.854 e. The molecule has 0 fully saturated rings. The molecule has 0 aliphatic rings. The highest BCUT2D eigenvalue weighted by molar-refractivity contribution is 7.33. The number of rotatable bonds is 0. The SMILES string of the molecule is [O-]P([O-])[O-].c1ccoc1. The minimum atomic E-state index is -3.37. The van der Waals surface area contributed by atoms with E-state index in [1.54, 1.807) is 12.5 Å². The molecule has 1 aromatic heterocycles. The van der Waals surface area contributed by atoms with Gasteiger partial charge in [0.15, 0.2) is 0 Å². The summed E-state index contributed by atoms with van der Waals surface area (Å²) in [6.07, 6.45) is 3.25. The Hall–Kier alpha value is -0.410. The first-order valence-corrected chi connectivity index (χ1v) is 3.11. The van der Waals surface area contributed by atoms with E-state index in [4.69, 9.17) is 14.7 Å². The summed E-state index contributed by atoms with van der Waals surface area (Å²) >= 11 is 0. The molecule has 0 bridgehead atoms. The van der Waals surface area contributed by atoms with Gasteiger partial charge in [0, 0.05) is 0 Å². The second-order valence-corrected chi connectivity index (χ2v) is 1.46. The normalized spacial score (nSPS) is 8.44. The van der Waals surface area contributed by atoms with Crippen LogP contribution >= 0.6 is 8.60 Å². The predicted molar refractivity (Wildman–Crippen MR) is 25.6 cm³/mol. The zero-order valence-corrected chi connectivity index (χ0v) is 5.28. The molecule has 1 heterocycles. The van der Waals surface area contributed by atoms with Gasteiger partial charge >= 0.3 is 0 Å². The smallest absolute Gasteiger partial charge is 0.0902 e. The maximum atomic E-state index is 8.48. The summed E-state index contributed by atoms with van der Waals surface area (Å²) in [4.78, 5) is 25.4. The molecule has 0 atom stereocenters. The second-order valence-electron chi connectivity index (χ2n) is 1.02. The van der Waals surface area contributed by atoms with E-state index in [2.05, 4.69) is 4.42 Å². The van der Waals surface area contributed by atoms with E-state index in [-0.39, 0.29) is 0 Å². The quantitative estimate of drug-likeness (QED) is 0.421. The molecule has 0 unspecified atom stereocenters. The lowest BCUT2D eigenvalue weighted by atomic mass is 10.7. The fraction of sp³-hybridized carbons (Fsp3) is 0. The summed E-state index contributed by atoms with van der Waals surface area (Å²) < 4.78 is 4.58. The van der Waals surface area contributed by atoms with Crippen molar-refractivity contribution in [2.75, 3.05) is 0 Å². The Balaban J connectivity index is 0.000000148. The molecule has 5 heteroatoms. The van der Waals surface area contributed by atoms with E-state index in [1.165, 1.54) is 0 Å². The van der Waals surface area contributed by atoms with Crippen LogP contribution in [0.5, 0.6) is 0 Å². The van der Waals surface area contributed by atoms with E-state index in [9.17, 15) is 0 Å². The van der Waals surface area contributed by atoms with E-state index >= 15 is 0 Å². The fourth-order valence-corrected chi connectivity index (χ4v) is 0.227. The van der Waals surface area contributed by atoms with Crippen LogP contribution in [0.4, 0.5) is 0 Å². The monoisotopic (exact) mass is 147 g/mol. The molecule has 1 aromatic rings. The number of hydrogen-bond acceptors (Lipinski definition) is 4. The lowest BCUT2D eigenvalue weighted by Gasteiger charge is -2.39. The van der Waals surface area contributed by atoms with Crippen molar-refractivity contribution >= 4 is 8.60 Å². The van der Waals surface area contributed by atoms with E-state index < -0.39 is 8.60 Å². The van der Waals surface area contributed by atoms with Crippen LogP contribution in [0.3, 0.4) is 0 Å². The molecule has 9 heavy (non-hydrogen) atoms. The lowest BCUT2D eigenvalue weighted by molar-refractivity contribution is -0.407. The van der Waals surface area contributed by atoms with Crippen molar-refractivity contribution in [1.29, 1.82) is 0 Å². The molecule has 52 valence electrons. The van der Waals surface area contributed by atoms with Gasteiger partial charge < -0.3 is 27.7 Å². The average Bonchev–Trinajstić information content (AvgIpc) is 2.11. The highest BCUT2D eigenvalue weighted by Gasteiger charge is 1.58. The van der Waals surface area contributed by atoms with Gasteiger partial charge in [0.1, 0.15) is 0 Å². The van der Waals surface area contributed by atoms with Crippen molar-refractivity contribution in [2.24, 2.45) is 0 Å². The van der Waals surface area contributed by atoms with E-state index in [0.717, 1.165) is 0 Å². The molecule has 0 saturated carbocycles. The van der Waals surface area contributed by atoms with Gasteiger partial charge in [0.25, 0.3) is 0 Å². The van der Waals surface area contributed by atoms with Crippen molar-refractivity contribution in [2.45, 2.75) is 0 Å². The van der Waals surface area contributed by atoms with Gasteiger partial charge in [-0.25, -0.2) is 0 Å². The Bertz CT molecular complexity index is 96.2. The first kappa shape index (κ1) is 8.59. The third-order valence-electron chi connectivity index (χ3n) is 0.425. The van der Waals surface area contributed by atoms with E-state index in [1.807, 2.05) is 12.1 Å². The fourth-order valence-electron chi connectivity index (χ4n) is 0.227. The average molecular weight is 147 g/mol. The molecule has 0 saturated heterocycles. The Labute approximate surface area is 53.4 Å². The van der Waals surface area contributed by atoms with Crippen LogP contribution in [0.1, 0.15) is 0 Å². The van der Waals surface area contributed by atoms with Crippen LogP contribution in [0.25, 0.3) is 0 Å². The Morgan fingerprint density at radius 2 is 1.33 bits per heavy atom. The van der Waals surface area contributed by atoms with Crippen LogP contribution < -0.4 is 14.7 Å². The Morgan fingerprint density at radius 3 is 1.44 bits per heavy atom. The maximum Gasteiger partial charge on any atom is 0.0902 e. The van der Waals surface area contributed by atoms with Crippen molar-refractivity contribution in [3.63, 3.8) is 0 Å². The summed E-state index contributed by atoms with van der Waals surface area (Å²) in [5.74, 6) is 0. The van der Waals surface area contributed by atoms with Crippen molar-refractivity contribution < 1.29 is 19.1 Å². The molecular formula is C4H4O4P-3. The molecule has 0 aliphatic heterocycles. The molecule has 1 rings (SSSR count).